The quantitative estimate of drug-likeness (QED) is 0.642. The number of hydrogen-bond donors (Lipinski definition) is 1. The zero-order valence-corrected chi connectivity index (χ0v) is 13.0. The second-order valence-electron chi connectivity index (χ2n) is 5.85. The lowest BCUT2D eigenvalue weighted by Gasteiger charge is -2.23. The van der Waals surface area contributed by atoms with Crippen molar-refractivity contribution < 1.29 is 4.79 Å². The van der Waals surface area contributed by atoms with Crippen LogP contribution in [0.3, 0.4) is 0 Å². The molecule has 1 aromatic carbocycles. The van der Waals surface area contributed by atoms with Crippen LogP contribution in [-0.2, 0) is 5.88 Å². The summed E-state index contributed by atoms with van der Waals surface area (Å²) in [6.07, 6.45) is 7.76. The molecule has 3 heteroatoms. The molecule has 1 aromatic rings. The molecule has 1 aliphatic carbocycles. The lowest BCUT2D eigenvalue weighted by molar-refractivity contribution is 0.0924. The Hall–Kier alpha value is -1.02. The van der Waals surface area contributed by atoms with Gasteiger partial charge in [0.05, 0.1) is 0 Å². The summed E-state index contributed by atoms with van der Waals surface area (Å²) >= 11 is 5.82. The molecule has 1 fully saturated rings. The molecule has 1 N–H and O–H groups in total. The number of carbonyl (C=O) groups excluding carboxylic acids is 1. The van der Waals surface area contributed by atoms with Gasteiger partial charge in [-0.15, -0.1) is 11.6 Å². The van der Waals surface area contributed by atoms with E-state index >= 15 is 0 Å². The van der Waals surface area contributed by atoms with Gasteiger partial charge in [0.15, 0.2) is 0 Å². The van der Waals surface area contributed by atoms with Crippen molar-refractivity contribution in [2.24, 2.45) is 5.92 Å². The number of nitrogens with one attached hydrogen (secondary N) is 1. The molecule has 20 heavy (non-hydrogen) atoms. The Morgan fingerprint density at radius 3 is 2.65 bits per heavy atom. The molecule has 1 aliphatic rings. The molecule has 0 saturated heterocycles. The van der Waals surface area contributed by atoms with Gasteiger partial charge in [-0.05, 0) is 43.4 Å². The minimum absolute atomic E-state index is 0.0220. The fraction of sp³-hybridized carbons (Fsp3) is 0.588. The van der Waals surface area contributed by atoms with Crippen LogP contribution in [0.2, 0.25) is 0 Å². The molecule has 1 saturated carbocycles. The highest BCUT2D eigenvalue weighted by molar-refractivity contribution is 6.17. The molecule has 2 nitrogen and oxygen atoms in total. The number of rotatable bonds is 4. The third-order valence-corrected chi connectivity index (χ3v) is 4.62. The van der Waals surface area contributed by atoms with E-state index in [2.05, 4.69) is 12.2 Å². The zero-order valence-electron chi connectivity index (χ0n) is 12.2. The van der Waals surface area contributed by atoms with Crippen LogP contribution in [0.15, 0.2) is 24.3 Å². The van der Waals surface area contributed by atoms with Crippen LogP contribution in [-0.4, -0.2) is 11.9 Å². The molecule has 1 atom stereocenters. The molecule has 2 rings (SSSR count). The summed E-state index contributed by atoms with van der Waals surface area (Å²) in [5, 5.41) is 3.16. The van der Waals surface area contributed by atoms with Crippen molar-refractivity contribution in [3.05, 3.63) is 35.4 Å². The predicted molar refractivity (Wildman–Crippen MR) is 84.1 cm³/mol. The Balaban J connectivity index is 1.95. The van der Waals surface area contributed by atoms with Crippen LogP contribution in [0, 0.1) is 5.92 Å². The number of halogens is 1. The second-order valence-corrected chi connectivity index (χ2v) is 6.12. The molecule has 0 aromatic heterocycles. The number of benzene rings is 1. The standard InChI is InChI=1S/C17H24ClNO/c1-13(15-8-4-2-3-5-9-15)19-17(20)16-10-6-7-14(11-16)12-18/h6-7,10-11,13,15H,2-5,8-9,12H2,1H3,(H,19,20)/t13-/m1/s1. The van der Waals surface area contributed by atoms with Crippen molar-refractivity contribution in [1.29, 1.82) is 0 Å². The van der Waals surface area contributed by atoms with E-state index in [1.807, 2.05) is 24.3 Å². The van der Waals surface area contributed by atoms with E-state index in [0.29, 0.717) is 17.4 Å². The summed E-state index contributed by atoms with van der Waals surface area (Å²) in [7, 11) is 0. The maximum absolute atomic E-state index is 12.3. The van der Waals surface area contributed by atoms with Gasteiger partial charge >= 0.3 is 0 Å². The highest BCUT2D eigenvalue weighted by atomic mass is 35.5. The molecule has 0 unspecified atom stereocenters. The van der Waals surface area contributed by atoms with Gasteiger partial charge in [-0.1, -0.05) is 37.8 Å². The molecule has 0 heterocycles. The highest BCUT2D eigenvalue weighted by Crippen LogP contribution is 2.25. The summed E-state index contributed by atoms with van der Waals surface area (Å²) in [4.78, 5) is 12.3. The Morgan fingerprint density at radius 1 is 1.30 bits per heavy atom. The lowest BCUT2D eigenvalue weighted by Crippen LogP contribution is -2.38. The van der Waals surface area contributed by atoms with Crippen LogP contribution in [0.1, 0.15) is 61.4 Å². The Kier molecular flexibility index (Phi) is 5.90. The highest BCUT2D eigenvalue weighted by Gasteiger charge is 2.21. The zero-order chi connectivity index (χ0) is 14.4. The number of amides is 1. The fourth-order valence-electron chi connectivity index (χ4n) is 3.01. The molecular weight excluding hydrogens is 270 g/mol. The van der Waals surface area contributed by atoms with Crippen molar-refractivity contribution in [1.82, 2.24) is 5.32 Å². The number of carbonyl (C=O) groups is 1. The van der Waals surface area contributed by atoms with Crippen LogP contribution in [0.4, 0.5) is 0 Å². The van der Waals surface area contributed by atoms with E-state index in [0.717, 1.165) is 5.56 Å². The van der Waals surface area contributed by atoms with Gasteiger partial charge < -0.3 is 5.32 Å². The minimum Gasteiger partial charge on any atom is -0.349 e. The first-order valence-electron chi connectivity index (χ1n) is 7.66. The smallest absolute Gasteiger partial charge is 0.251 e. The first-order chi connectivity index (χ1) is 9.70. The summed E-state index contributed by atoms with van der Waals surface area (Å²) in [6, 6.07) is 7.81. The Labute approximate surface area is 126 Å². The van der Waals surface area contributed by atoms with E-state index in [1.54, 1.807) is 0 Å². The normalized spacial score (nSPS) is 18.3. The average Bonchev–Trinajstić information content (AvgIpc) is 2.76. The average molecular weight is 294 g/mol. The topological polar surface area (TPSA) is 29.1 Å². The van der Waals surface area contributed by atoms with Crippen LogP contribution in [0.25, 0.3) is 0 Å². The number of alkyl halides is 1. The largest absolute Gasteiger partial charge is 0.349 e. The molecule has 0 spiro atoms. The van der Waals surface area contributed by atoms with Gasteiger partial charge in [-0.25, -0.2) is 0 Å². The lowest BCUT2D eigenvalue weighted by atomic mass is 9.93. The van der Waals surface area contributed by atoms with E-state index in [-0.39, 0.29) is 11.9 Å². The maximum Gasteiger partial charge on any atom is 0.251 e. The summed E-state index contributed by atoms with van der Waals surface area (Å²) < 4.78 is 0. The van der Waals surface area contributed by atoms with E-state index in [4.69, 9.17) is 11.6 Å². The van der Waals surface area contributed by atoms with Crippen molar-refractivity contribution in [3.8, 4) is 0 Å². The molecule has 0 bridgehead atoms. The van der Waals surface area contributed by atoms with Gasteiger partial charge in [0, 0.05) is 17.5 Å². The first-order valence-corrected chi connectivity index (χ1v) is 8.20. The third kappa shape index (κ3) is 4.24. The van der Waals surface area contributed by atoms with Crippen molar-refractivity contribution in [3.63, 3.8) is 0 Å². The van der Waals surface area contributed by atoms with Gasteiger partial charge in [0.1, 0.15) is 0 Å². The second kappa shape index (κ2) is 7.68. The van der Waals surface area contributed by atoms with Crippen molar-refractivity contribution in [2.75, 3.05) is 0 Å². The monoisotopic (exact) mass is 293 g/mol. The first kappa shape index (κ1) is 15.4. The summed E-state index contributed by atoms with van der Waals surface area (Å²) in [5.41, 5.74) is 1.70. The van der Waals surface area contributed by atoms with Gasteiger partial charge in [0.2, 0.25) is 0 Å². The van der Waals surface area contributed by atoms with Crippen molar-refractivity contribution in [2.45, 2.75) is 57.4 Å². The van der Waals surface area contributed by atoms with Crippen LogP contribution < -0.4 is 5.32 Å². The fourth-order valence-corrected chi connectivity index (χ4v) is 3.18. The van der Waals surface area contributed by atoms with E-state index < -0.39 is 0 Å². The van der Waals surface area contributed by atoms with E-state index in [9.17, 15) is 4.79 Å². The Bertz CT molecular complexity index is 438. The summed E-state index contributed by atoms with van der Waals surface area (Å²) in [6.45, 7) is 2.14. The maximum atomic E-state index is 12.3. The predicted octanol–water partition coefficient (Wildman–Crippen LogP) is 4.51. The molecule has 0 aliphatic heterocycles. The van der Waals surface area contributed by atoms with Gasteiger partial charge in [-0.2, -0.15) is 0 Å². The van der Waals surface area contributed by atoms with E-state index in [1.165, 1.54) is 38.5 Å². The molecule has 0 radical (unpaired) electrons. The minimum atomic E-state index is 0.0220. The van der Waals surface area contributed by atoms with Gasteiger partial charge in [-0.3, -0.25) is 4.79 Å². The Morgan fingerprint density at radius 2 is 2.00 bits per heavy atom. The van der Waals surface area contributed by atoms with Crippen LogP contribution in [0.5, 0.6) is 0 Å². The van der Waals surface area contributed by atoms with Gasteiger partial charge in [0.25, 0.3) is 5.91 Å². The van der Waals surface area contributed by atoms with Crippen LogP contribution >= 0.6 is 11.6 Å². The van der Waals surface area contributed by atoms with Crippen molar-refractivity contribution >= 4 is 17.5 Å². The molecule has 1 amide bonds. The number of hydrogen-bond acceptors (Lipinski definition) is 1. The SMILES string of the molecule is C[C@@H](NC(=O)c1cccc(CCl)c1)C1CCCCCC1. The summed E-state index contributed by atoms with van der Waals surface area (Å²) in [5.74, 6) is 1.09. The molecular formula is C17H24ClNO. The third-order valence-electron chi connectivity index (χ3n) is 4.31. The molecule has 110 valence electrons.